The summed E-state index contributed by atoms with van der Waals surface area (Å²) in [5.74, 6) is -1.94. The van der Waals surface area contributed by atoms with Crippen LogP contribution in [0.15, 0.2) is 60.7 Å². The molecule has 4 atom stereocenters. The van der Waals surface area contributed by atoms with Crippen LogP contribution in [0.4, 0.5) is 4.39 Å². The van der Waals surface area contributed by atoms with E-state index in [0.717, 1.165) is 11.8 Å². The summed E-state index contributed by atoms with van der Waals surface area (Å²) in [6, 6.07) is 16.5. The van der Waals surface area contributed by atoms with Gasteiger partial charge in [-0.25, -0.2) is 14.0 Å². The van der Waals surface area contributed by atoms with Gasteiger partial charge in [-0.05, 0) is 24.3 Å². The van der Waals surface area contributed by atoms with Crippen molar-refractivity contribution in [2.24, 2.45) is 0 Å². The fraction of sp³-hybridized carbons (Fsp3) is 0.286. The maximum atomic E-state index is 14.9. The first-order valence-corrected chi connectivity index (χ1v) is 9.85. The molecular formula is C21H19FO6S. The van der Waals surface area contributed by atoms with Crippen molar-refractivity contribution in [3.8, 4) is 0 Å². The lowest BCUT2D eigenvalue weighted by Gasteiger charge is -2.20. The first kappa shape index (κ1) is 20.9. The van der Waals surface area contributed by atoms with Gasteiger partial charge in [-0.15, -0.1) is 11.8 Å². The van der Waals surface area contributed by atoms with E-state index in [1.54, 1.807) is 60.7 Å². The molecule has 4 unspecified atom stereocenters. The van der Waals surface area contributed by atoms with Crippen molar-refractivity contribution in [3.63, 3.8) is 0 Å². The maximum absolute atomic E-state index is 14.9. The number of carbonyl (C=O) groups excluding carboxylic acids is 3. The first-order valence-electron chi connectivity index (χ1n) is 8.90. The number of thioether (sulfide) groups is 1. The number of benzene rings is 2. The molecule has 152 valence electrons. The molecule has 0 saturated carbocycles. The molecule has 29 heavy (non-hydrogen) atoms. The molecule has 1 aliphatic rings. The number of hydrogen-bond donors (Lipinski definition) is 0. The third kappa shape index (κ3) is 5.35. The standard InChI is InChI=1S/C21H19FO6S/c1-13(23)27-21-17(22)18(28-20(25)15-10-6-3-7-11-15)16(29-21)12-26-19(24)14-8-4-2-5-9-14/h2-11,16-18,21H,12H2,1H3. The minimum Gasteiger partial charge on any atom is -0.461 e. The van der Waals surface area contributed by atoms with E-state index in [0.29, 0.717) is 5.56 Å². The van der Waals surface area contributed by atoms with E-state index in [-0.39, 0.29) is 12.2 Å². The number of esters is 3. The van der Waals surface area contributed by atoms with E-state index < -0.39 is 40.9 Å². The summed E-state index contributed by atoms with van der Waals surface area (Å²) in [6.07, 6.45) is -2.99. The first-order chi connectivity index (χ1) is 14.0. The van der Waals surface area contributed by atoms with Gasteiger partial charge in [-0.1, -0.05) is 36.4 Å². The van der Waals surface area contributed by atoms with Crippen LogP contribution >= 0.6 is 11.8 Å². The summed E-state index contributed by atoms with van der Waals surface area (Å²) in [5.41, 5.74) is -0.538. The molecule has 0 bridgehead atoms. The zero-order valence-electron chi connectivity index (χ0n) is 15.5. The zero-order chi connectivity index (χ0) is 20.8. The van der Waals surface area contributed by atoms with Crippen molar-refractivity contribution in [2.75, 3.05) is 6.61 Å². The van der Waals surface area contributed by atoms with Gasteiger partial charge in [0.05, 0.1) is 16.4 Å². The van der Waals surface area contributed by atoms with Gasteiger partial charge in [-0.3, -0.25) is 4.79 Å². The normalized spacial score (nSPS) is 23.2. The SMILES string of the molecule is CC(=O)OC1SC(COC(=O)c2ccccc2)C(OC(=O)c2ccccc2)C1F. The van der Waals surface area contributed by atoms with Crippen LogP contribution in [-0.2, 0) is 19.0 Å². The molecule has 2 aromatic carbocycles. The summed E-state index contributed by atoms with van der Waals surface area (Å²) in [5, 5.41) is -0.727. The molecule has 1 aliphatic heterocycles. The Kier molecular flexibility index (Phi) is 6.87. The van der Waals surface area contributed by atoms with Crippen LogP contribution in [0, 0.1) is 0 Å². The average Bonchev–Trinajstić information content (AvgIpc) is 3.01. The minimum absolute atomic E-state index is 0.205. The molecule has 2 aromatic rings. The predicted molar refractivity (Wildman–Crippen MR) is 104 cm³/mol. The molecular weight excluding hydrogens is 399 g/mol. The molecule has 1 heterocycles. The van der Waals surface area contributed by atoms with Crippen LogP contribution in [0.3, 0.4) is 0 Å². The molecule has 3 rings (SSSR count). The molecule has 1 saturated heterocycles. The highest BCUT2D eigenvalue weighted by Crippen LogP contribution is 2.39. The number of hydrogen-bond acceptors (Lipinski definition) is 7. The maximum Gasteiger partial charge on any atom is 0.338 e. The second-order valence-corrected chi connectivity index (χ2v) is 7.64. The second kappa shape index (κ2) is 9.56. The molecule has 6 nitrogen and oxygen atoms in total. The second-order valence-electron chi connectivity index (χ2n) is 6.30. The molecule has 0 radical (unpaired) electrons. The molecule has 0 N–H and O–H groups in total. The fourth-order valence-corrected chi connectivity index (χ4v) is 4.15. The van der Waals surface area contributed by atoms with Crippen molar-refractivity contribution in [1.29, 1.82) is 0 Å². The topological polar surface area (TPSA) is 78.9 Å². The van der Waals surface area contributed by atoms with Crippen LogP contribution in [0.5, 0.6) is 0 Å². The third-order valence-corrected chi connectivity index (χ3v) is 5.55. The Hall–Kier alpha value is -2.87. The molecule has 0 aliphatic carbocycles. The van der Waals surface area contributed by atoms with Crippen molar-refractivity contribution in [3.05, 3.63) is 71.8 Å². The smallest absolute Gasteiger partial charge is 0.338 e. The highest BCUT2D eigenvalue weighted by Gasteiger charge is 2.49. The summed E-state index contributed by atoms with van der Waals surface area (Å²) in [7, 11) is 0. The Morgan fingerprint density at radius 3 is 2.00 bits per heavy atom. The van der Waals surface area contributed by atoms with Gasteiger partial charge in [0.25, 0.3) is 0 Å². The van der Waals surface area contributed by atoms with E-state index in [1.807, 2.05) is 0 Å². The van der Waals surface area contributed by atoms with Gasteiger partial charge in [0, 0.05) is 6.92 Å². The Bertz CT molecular complexity index is 860. The average molecular weight is 418 g/mol. The molecule has 1 fully saturated rings. The molecule has 8 heteroatoms. The lowest BCUT2D eigenvalue weighted by atomic mass is 10.1. The number of alkyl halides is 1. The van der Waals surface area contributed by atoms with E-state index in [2.05, 4.69) is 0 Å². The summed E-state index contributed by atoms with van der Waals surface area (Å²) in [4.78, 5) is 35.8. The van der Waals surface area contributed by atoms with Gasteiger partial charge in [0.1, 0.15) is 6.61 Å². The van der Waals surface area contributed by atoms with Crippen LogP contribution in [-0.4, -0.2) is 47.5 Å². The molecule has 0 aromatic heterocycles. The third-order valence-electron chi connectivity index (χ3n) is 4.17. The number of halogens is 1. The van der Waals surface area contributed by atoms with Crippen molar-refractivity contribution in [1.82, 2.24) is 0 Å². The summed E-state index contributed by atoms with van der Waals surface area (Å²) >= 11 is 0.957. The Morgan fingerprint density at radius 1 is 0.897 bits per heavy atom. The van der Waals surface area contributed by atoms with Gasteiger partial charge >= 0.3 is 17.9 Å². The Morgan fingerprint density at radius 2 is 1.45 bits per heavy atom. The van der Waals surface area contributed by atoms with Gasteiger partial charge in [0.2, 0.25) is 0 Å². The summed E-state index contributed by atoms with van der Waals surface area (Å²) in [6.45, 7) is 0.963. The van der Waals surface area contributed by atoms with Crippen molar-refractivity contribution < 1.29 is 33.0 Å². The highest BCUT2D eigenvalue weighted by molar-refractivity contribution is 8.00. The van der Waals surface area contributed by atoms with Gasteiger partial charge in [0.15, 0.2) is 17.7 Å². The van der Waals surface area contributed by atoms with Gasteiger partial charge < -0.3 is 14.2 Å². The Balaban J connectivity index is 1.70. The minimum atomic E-state index is -1.75. The predicted octanol–water partition coefficient (Wildman–Crippen LogP) is 3.41. The monoisotopic (exact) mass is 418 g/mol. The number of ether oxygens (including phenoxy) is 3. The lowest BCUT2D eigenvalue weighted by Crippen LogP contribution is -2.37. The van der Waals surface area contributed by atoms with Crippen LogP contribution in [0.2, 0.25) is 0 Å². The van der Waals surface area contributed by atoms with E-state index in [1.165, 1.54) is 6.92 Å². The van der Waals surface area contributed by atoms with Crippen LogP contribution < -0.4 is 0 Å². The van der Waals surface area contributed by atoms with E-state index in [9.17, 15) is 18.8 Å². The zero-order valence-corrected chi connectivity index (χ0v) is 16.3. The summed E-state index contributed by atoms with van der Waals surface area (Å²) < 4.78 is 30.5. The highest BCUT2D eigenvalue weighted by atomic mass is 32.2. The lowest BCUT2D eigenvalue weighted by molar-refractivity contribution is -0.145. The van der Waals surface area contributed by atoms with Gasteiger partial charge in [-0.2, -0.15) is 0 Å². The van der Waals surface area contributed by atoms with Crippen molar-refractivity contribution in [2.45, 2.75) is 29.9 Å². The van der Waals surface area contributed by atoms with Crippen LogP contribution in [0.25, 0.3) is 0 Å². The fourth-order valence-electron chi connectivity index (χ4n) is 2.80. The Labute approximate surface area is 171 Å². The van der Waals surface area contributed by atoms with E-state index in [4.69, 9.17) is 14.2 Å². The van der Waals surface area contributed by atoms with Crippen LogP contribution in [0.1, 0.15) is 27.6 Å². The largest absolute Gasteiger partial charge is 0.461 e. The molecule has 0 amide bonds. The number of rotatable bonds is 6. The quantitative estimate of drug-likeness (QED) is 0.525. The molecule has 0 spiro atoms. The van der Waals surface area contributed by atoms with E-state index >= 15 is 0 Å². The number of carbonyl (C=O) groups is 3. The van der Waals surface area contributed by atoms with Crippen molar-refractivity contribution >= 4 is 29.7 Å².